The van der Waals surface area contributed by atoms with Gasteiger partial charge in [0.05, 0.1) is 7.11 Å². The van der Waals surface area contributed by atoms with Crippen molar-refractivity contribution < 1.29 is 9.53 Å². The van der Waals surface area contributed by atoms with Crippen molar-refractivity contribution in [3.8, 4) is 0 Å². The van der Waals surface area contributed by atoms with Gasteiger partial charge >= 0.3 is 5.97 Å². The lowest BCUT2D eigenvalue weighted by molar-refractivity contribution is -0.134. The number of carbonyl (C=O) groups excluding carboxylic acids is 1. The maximum absolute atomic E-state index is 10.7. The van der Waals surface area contributed by atoms with Gasteiger partial charge in [0.15, 0.2) is 0 Å². The van der Waals surface area contributed by atoms with Crippen molar-refractivity contribution in [2.75, 3.05) is 7.11 Å². The molecule has 0 aliphatic rings. The summed E-state index contributed by atoms with van der Waals surface area (Å²) >= 11 is 0. The van der Waals surface area contributed by atoms with E-state index in [2.05, 4.69) is 4.74 Å². The number of benzene rings is 1. The number of esters is 1. The maximum atomic E-state index is 10.7. The minimum Gasteiger partial charge on any atom is -0.466 e. The van der Waals surface area contributed by atoms with E-state index in [1.807, 2.05) is 30.3 Å². The predicted octanol–water partition coefficient (Wildman–Crippen LogP) is 1.87. The van der Waals surface area contributed by atoms with Crippen LogP contribution in [0.2, 0.25) is 0 Å². The first-order valence-corrected chi connectivity index (χ1v) is 3.64. The van der Waals surface area contributed by atoms with E-state index in [1.165, 1.54) is 13.2 Å². The Morgan fingerprint density at radius 2 is 2.00 bits per heavy atom. The third-order valence-corrected chi connectivity index (χ3v) is 1.41. The molecule has 2 nitrogen and oxygen atoms in total. The van der Waals surface area contributed by atoms with Gasteiger partial charge in [-0.1, -0.05) is 30.3 Å². The lowest BCUT2D eigenvalue weighted by Crippen LogP contribution is -1.92. The van der Waals surface area contributed by atoms with E-state index in [4.69, 9.17) is 0 Å². The van der Waals surface area contributed by atoms with Crippen LogP contribution in [0, 0.1) is 0 Å². The smallest absolute Gasteiger partial charge is 0.330 e. The summed E-state index contributed by atoms with van der Waals surface area (Å²) in [6.45, 7) is 0. The summed E-state index contributed by atoms with van der Waals surface area (Å²) in [7, 11) is 1.36. The molecule has 0 fully saturated rings. The molecule has 0 saturated heterocycles. The molecule has 0 aliphatic heterocycles. The standard InChI is InChI=1S/C10H10O2/c1-12-10(11)8-7-9-5-3-2-4-6-9/h2-8H,1H3/b8-7+. The van der Waals surface area contributed by atoms with Crippen LogP contribution >= 0.6 is 0 Å². The molecule has 0 radical (unpaired) electrons. The number of methoxy groups -OCH3 is 1. The Balaban J connectivity index is 2.64. The molecule has 0 aromatic heterocycles. The molecule has 62 valence electrons. The largest absolute Gasteiger partial charge is 0.466 e. The minimum atomic E-state index is -0.334. The average molecular weight is 162 g/mol. The molecule has 1 aromatic rings. The van der Waals surface area contributed by atoms with E-state index < -0.39 is 0 Å². The average Bonchev–Trinajstić information content (AvgIpc) is 2.16. The van der Waals surface area contributed by atoms with E-state index in [9.17, 15) is 4.79 Å². The van der Waals surface area contributed by atoms with Gasteiger partial charge in [-0.25, -0.2) is 4.79 Å². The Hall–Kier alpha value is -1.57. The molecule has 0 N–H and O–H groups in total. The summed E-state index contributed by atoms with van der Waals surface area (Å²) in [5.41, 5.74) is 0.989. The SMILES string of the molecule is COC(=O)/C=C/c1ccccc1. The van der Waals surface area contributed by atoms with Crippen molar-refractivity contribution in [3.63, 3.8) is 0 Å². The van der Waals surface area contributed by atoms with Gasteiger partial charge in [-0.2, -0.15) is 0 Å². The maximum Gasteiger partial charge on any atom is 0.330 e. The van der Waals surface area contributed by atoms with Crippen molar-refractivity contribution in [2.24, 2.45) is 0 Å². The Kier molecular flexibility index (Phi) is 3.08. The minimum absolute atomic E-state index is 0.334. The van der Waals surface area contributed by atoms with Crippen LogP contribution in [0.3, 0.4) is 0 Å². The van der Waals surface area contributed by atoms with Crippen molar-refractivity contribution >= 4 is 12.0 Å². The number of rotatable bonds is 2. The van der Waals surface area contributed by atoms with Gasteiger partial charge in [0.25, 0.3) is 0 Å². The zero-order valence-corrected chi connectivity index (χ0v) is 6.86. The first kappa shape index (κ1) is 8.53. The summed E-state index contributed by atoms with van der Waals surface area (Å²) in [6, 6.07) is 9.59. The Morgan fingerprint density at radius 1 is 1.33 bits per heavy atom. The number of hydrogen-bond acceptors (Lipinski definition) is 2. The zero-order chi connectivity index (χ0) is 8.81. The highest BCUT2D eigenvalue weighted by Gasteiger charge is 1.89. The quantitative estimate of drug-likeness (QED) is 0.490. The van der Waals surface area contributed by atoms with Crippen molar-refractivity contribution in [1.82, 2.24) is 0 Å². The molecule has 0 atom stereocenters. The highest BCUT2D eigenvalue weighted by molar-refractivity contribution is 5.86. The normalized spacial score (nSPS) is 10.1. The molecule has 0 saturated carbocycles. The molecule has 0 aliphatic carbocycles. The topological polar surface area (TPSA) is 26.3 Å². The van der Waals surface area contributed by atoms with Crippen LogP contribution < -0.4 is 0 Å². The molecule has 1 rings (SSSR count). The summed E-state index contributed by atoms with van der Waals surface area (Å²) < 4.78 is 4.45. The van der Waals surface area contributed by atoms with Gasteiger partial charge in [-0.05, 0) is 11.6 Å². The van der Waals surface area contributed by atoms with Crippen LogP contribution in [0.15, 0.2) is 36.4 Å². The molecule has 0 amide bonds. The number of hydrogen-bond donors (Lipinski definition) is 0. The van der Waals surface area contributed by atoms with E-state index >= 15 is 0 Å². The van der Waals surface area contributed by atoms with Crippen molar-refractivity contribution in [3.05, 3.63) is 42.0 Å². The molecular weight excluding hydrogens is 152 g/mol. The Labute approximate surface area is 71.5 Å². The number of ether oxygens (including phenoxy) is 1. The molecule has 0 spiro atoms. The third kappa shape index (κ3) is 2.58. The zero-order valence-electron chi connectivity index (χ0n) is 6.86. The van der Waals surface area contributed by atoms with E-state index in [0.29, 0.717) is 0 Å². The predicted molar refractivity (Wildman–Crippen MR) is 47.5 cm³/mol. The lowest BCUT2D eigenvalue weighted by atomic mass is 10.2. The second kappa shape index (κ2) is 4.34. The highest BCUT2D eigenvalue weighted by Crippen LogP contribution is 2.00. The molecule has 1 aromatic carbocycles. The van der Waals surface area contributed by atoms with Crippen LogP contribution in [0.25, 0.3) is 6.08 Å². The molecule has 0 heterocycles. The molecular formula is C10H10O2. The summed E-state index contributed by atoms with van der Waals surface area (Å²) in [4.78, 5) is 10.7. The monoisotopic (exact) mass is 162 g/mol. The fourth-order valence-corrected chi connectivity index (χ4v) is 0.796. The summed E-state index contributed by atoms with van der Waals surface area (Å²) in [5, 5.41) is 0. The van der Waals surface area contributed by atoms with Gasteiger partial charge in [0.2, 0.25) is 0 Å². The number of carbonyl (C=O) groups is 1. The third-order valence-electron chi connectivity index (χ3n) is 1.41. The fourth-order valence-electron chi connectivity index (χ4n) is 0.796. The van der Waals surface area contributed by atoms with Gasteiger partial charge in [-0.3, -0.25) is 0 Å². The first-order chi connectivity index (χ1) is 5.83. The summed E-state index contributed by atoms with van der Waals surface area (Å²) in [6.07, 6.45) is 3.11. The van der Waals surface area contributed by atoms with Crippen molar-refractivity contribution in [2.45, 2.75) is 0 Å². The van der Waals surface area contributed by atoms with Crippen LogP contribution in [-0.2, 0) is 9.53 Å². The van der Waals surface area contributed by atoms with Crippen LogP contribution in [0.4, 0.5) is 0 Å². The van der Waals surface area contributed by atoms with E-state index in [1.54, 1.807) is 6.08 Å². The van der Waals surface area contributed by atoms with E-state index in [0.717, 1.165) is 5.56 Å². The van der Waals surface area contributed by atoms with Gasteiger partial charge in [-0.15, -0.1) is 0 Å². The molecule has 12 heavy (non-hydrogen) atoms. The first-order valence-electron chi connectivity index (χ1n) is 3.64. The van der Waals surface area contributed by atoms with Gasteiger partial charge in [0.1, 0.15) is 0 Å². The van der Waals surface area contributed by atoms with Gasteiger partial charge in [0, 0.05) is 6.08 Å². The van der Waals surface area contributed by atoms with Gasteiger partial charge < -0.3 is 4.74 Å². The lowest BCUT2D eigenvalue weighted by Gasteiger charge is -1.91. The molecule has 0 bridgehead atoms. The highest BCUT2D eigenvalue weighted by atomic mass is 16.5. The molecule has 2 heteroatoms. The second-order valence-corrected chi connectivity index (χ2v) is 2.27. The Morgan fingerprint density at radius 3 is 2.58 bits per heavy atom. The van der Waals surface area contributed by atoms with Crippen LogP contribution in [0.1, 0.15) is 5.56 Å². The summed E-state index contributed by atoms with van der Waals surface area (Å²) in [5.74, 6) is -0.334. The van der Waals surface area contributed by atoms with E-state index in [-0.39, 0.29) is 5.97 Å². The Bertz CT molecular complexity index is 275. The van der Waals surface area contributed by atoms with Crippen LogP contribution in [-0.4, -0.2) is 13.1 Å². The second-order valence-electron chi connectivity index (χ2n) is 2.27. The fraction of sp³-hybridized carbons (Fsp3) is 0.100. The van der Waals surface area contributed by atoms with Crippen molar-refractivity contribution in [1.29, 1.82) is 0 Å². The van der Waals surface area contributed by atoms with Crippen LogP contribution in [0.5, 0.6) is 0 Å². The molecule has 0 unspecified atom stereocenters.